The SMILES string of the molecule is CC(C)(Nc1ncc(-c2cc(CONC=O)ccc2F)nn1)c1ncccc1F. The molecule has 0 fully saturated rings. The van der Waals surface area contributed by atoms with Crippen LogP contribution in [0.2, 0.25) is 0 Å². The molecule has 150 valence electrons. The van der Waals surface area contributed by atoms with Crippen LogP contribution in [0.1, 0.15) is 25.1 Å². The van der Waals surface area contributed by atoms with Gasteiger partial charge in [-0.05, 0) is 43.7 Å². The van der Waals surface area contributed by atoms with Crippen molar-refractivity contribution in [1.82, 2.24) is 25.6 Å². The van der Waals surface area contributed by atoms with Gasteiger partial charge in [0.15, 0.2) is 0 Å². The first-order chi connectivity index (χ1) is 13.9. The van der Waals surface area contributed by atoms with Crippen LogP contribution in [0.15, 0.2) is 42.7 Å². The number of benzene rings is 1. The van der Waals surface area contributed by atoms with E-state index >= 15 is 0 Å². The van der Waals surface area contributed by atoms with Crippen LogP contribution < -0.4 is 10.8 Å². The molecule has 3 rings (SSSR count). The van der Waals surface area contributed by atoms with Gasteiger partial charge in [-0.3, -0.25) is 14.6 Å². The van der Waals surface area contributed by atoms with Gasteiger partial charge in [-0.25, -0.2) is 19.2 Å². The number of hydrogen-bond acceptors (Lipinski definition) is 7. The van der Waals surface area contributed by atoms with E-state index in [1.807, 2.05) is 0 Å². The van der Waals surface area contributed by atoms with Crippen LogP contribution in [0.3, 0.4) is 0 Å². The number of nitrogens with one attached hydrogen (secondary N) is 2. The van der Waals surface area contributed by atoms with Crippen molar-refractivity contribution in [3.05, 3.63) is 65.6 Å². The third kappa shape index (κ3) is 4.85. The molecule has 1 aromatic carbocycles. The van der Waals surface area contributed by atoms with Gasteiger partial charge in [0.2, 0.25) is 12.4 Å². The quantitative estimate of drug-likeness (QED) is 0.341. The topological polar surface area (TPSA) is 102 Å². The van der Waals surface area contributed by atoms with Crippen molar-refractivity contribution in [2.45, 2.75) is 26.0 Å². The number of hydroxylamine groups is 1. The van der Waals surface area contributed by atoms with Gasteiger partial charge in [-0.15, -0.1) is 10.2 Å². The van der Waals surface area contributed by atoms with Crippen LogP contribution in [0.25, 0.3) is 11.3 Å². The van der Waals surface area contributed by atoms with E-state index in [-0.39, 0.29) is 29.5 Å². The average Bonchev–Trinajstić information content (AvgIpc) is 2.70. The fraction of sp³-hybridized carbons (Fsp3) is 0.211. The standard InChI is InChI=1S/C19H18F2N6O2/c1-19(2,17-15(21)4-3-7-22-17)25-18-23-9-16(26-27-18)13-8-12(5-6-14(13)20)10-29-24-11-28/h3-9,11H,10H2,1-2H3,(H,24,28)(H,23,25,27). The number of aromatic nitrogens is 4. The summed E-state index contributed by atoms with van der Waals surface area (Å²) in [6, 6.07) is 7.12. The first kappa shape index (κ1) is 20.2. The van der Waals surface area contributed by atoms with Crippen molar-refractivity contribution >= 4 is 12.4 Å². The molecule has 0 bridgehead atoms. The highest BCUT2D eigenvalue weighted by atomic mass is 19.1. The van der Waals surface area contributed by atoms with Crippen molar-refractivity contribution < 1.29 is 18.4 Å². The molecule has 2 heterocycles. The zero-order valence-corrected chi connectivity index (χ0v) is 15.7. The molecular formula is C19H18F2N6O2. The minimum Gasteiger partial charge on any atom is -0.342 e. The van der Waals surface area contributed by atoms with Crippen molar-refractivity contribution in [3.63, 3.8) is 0 Å². The smallest absolute Gasteiger partial charge is 0.243 e. The van der Waals surface area contributed by atoms with Gasteiger partial charge in [-0.2, -0.15) is 0 Å². The first-order valence-corrected chi connectivity index (χ1v) is 8.59. The Kier molecular flexibility index (Phi) is 6.03. The fourth-order valence-corrected chi connectivity index (χ4v) is 2.66. The maximum absolute atomic E-state index is 14.2. The van der Waals surface area contributed by atoms with Gasteiger partial charge in [0.05, 0.1) is 18.3 Å². The molecule has 0 atom stereocenters. The van der Waals surface area contributed by atoms with Gasteiger partial charge in [0.1, 0.15) is 23.0 Å². The van der Waals surface area contributed by atoms with Crippen molar-refractivity contribution in [2.24, 2.45) is 0 Å². The monoisotopic (exact) mass is 400 g/mol. The first-order valence-electron chi connectivity index (χ1n) is 8.59. The predicted molar refractivity (Wildman–Crippen MR) is 100 cm³/mol. The average molecular weight is 400 g/mol. The summed E-state index contributed by atoms with van der Waals surface area (Å²) in [4.78, 5) is 23.3. The van der Waals surface area contributed by atoms with Crippen LogP contribution in [-0.4, -0.2) is 26.6 Å². The van der Waals surface area contributed by atoms with Crippen molar-refractivity contribution in [3.8, 4) is 11.3 Å². The zero-order valence-electron chi connectivity index (χ0n) is 15.7. The van der Waals surface area contributed by atoms with E-state index in [0.717, 1.165) is 0 Å². The maximum Gasteiger partial charge on any atom is 0.243 e. The molecule has 0 radical (unpaired) electrons. The Labute approximate surface area is 165 Å². The lowest BCUT2D eigenvalue weighted by Crippen LogP contribution is -2.31. The summed E-state index contributed by atoms with van der Waals surface area (Å²) >= 11 is 0. The highest BCUT2D eigenvalue weighted by molar-refractivity contribution is 5.60. The molecule has 0 unspecified atom stereocenters. The van der Waals surface area contributed by atoms with Crippen LogP contribution in [0.4, 0.5) is 14.7 Å². The molecule has 2 aromatic heterocycles. The Bertz CT molecular complexity index is 998. The lowest BCUT2D eigenvalue weighted by atomic mass is 9.99. The van der Waals surface area contributed by atoms with Crippen molar-refractivity contribution in [2.75, 3.05) is 5.32 Å². The van der Waals surface area contributed by atoms with Crippen LogP contribution in [0, 0.1) is 11.6 Å². The van der Waals surface area contributed by atoms with E-state index in [0.29, 0.717) is 12.0 Å². The van der Waals surface area contributed by atoms with Gasteiger partial charge in [0.25, 0.3) is 0 Å². The number of amides is 1. The zero-order chi connectivity index (χ0) is 20.9. The summed E-state index contributed by atoms with van der Waals surface area (Å²) in [5, 5.41) is 10.9. The highest BCUT2D eigenvalue weighted by Crippen LogP contribution is 2.25. The third-order valence-electron chi connectivity index (χ3n) is 4.01. The normalized spacial score (nSPS) is 11.2. The molecule has 10 heteroatoms. The Balaban J connectivity index is 1.79. The van der Waals surface area contributed by atoms with Crippen LogP contribution in [0.5, 0.6) is 0 Å². The largest absolute Gasteiger partial charge is 0.342 e. The molecule has 0 spiro atoms. The summed E-state index contributed by atoms with van der Waals surface area (Å²) in [6.45, 7) is 3.51. The van der Waals surface area contributed by atoms with E-state index in [1.54, 1.807) is 13.8 Å². The van der Waals surface area contributed by atoms with Gasteiger partial charge < -0.3 is 5.32 Å². The Hall–Kier alpha value is -3.53. The lowest BCUT2D eigenvalue weighted by molar-refractivity contribution is -0.121. The Morgan fingerprint density at radius 1 is 1.14 bits per heavy atom. The second kappa shape index (κ2) is 8.65. The van der Waals surface area contributed by atoms with E-state index in [2.05, 4.69) is 31.0 Å². The molecule has 0 aliphatic carbocycles. The summed E-state index contributed by atoms with van der Waals surface area (Å²) in [6.07, 6.45) is 3.24. The van der Waals surface area contributed by atoms with Gasteiger partial charge in [-0.1, -0.05) is 6.07 Å². The molecule has 1 amide bonds. The molecule has 0 saturated heterocycles. The molecule has 0 saturated carbocycles. The summed E-state index contributed by atoms with van der Waals surface area (Å²) < 4.78 is 28.2. The molecule has 3 aromatic rings. The number of carbonyl (C=O) groups excluding carboxylic acids is 1. The van der Waals surface area contributed by atoms with E-state index < -0.39 is 17.2 Å². The molecule has 0 aliphatic rings. The van der Waals surface area contributed by atoms with Crippen LogP contribution in [-0.2, 0) is 21.8 Å². The number of halogens is 2. The van der Waals surface area contributed by atoms with E-state index in [1.165, 1.54) is 42.7 Å². The third-order valence-corrected chi connectivity index (χ3v) is 4.01. The van der Waals surface area contributed by atoms with Gasteiger partial charge in [0, 0.05) is 11.8 Å². The summed E-state index contributed by atoms with van der Waals surface area (Å²) in [7, 11) is 0. The molecular weight excluding hydrogens is 382 g/mol. The summed E-state index contributed by atoms with van der Waals surface area (Å²) in [5.74, 6) is -0.830. The second-order valence-corrected chi connectivity index (χ2v) is 6.59. The minimum absolute atomic E-state index is 0.0519. The number of pyridine rings is 1. The number of carbonyl (C=O) groups is 1. The molecule has 0 aliphatic heterocycles. The number of nitrogens with zero attached hydrogens (tertiary/aromatic N) is 4. The van der Waals surface area contributed by atoms with E-state index in [4.69, 9.17) is 4.84 Å². The van der Waals surface area contributed by atoms with E-state index in [9.17, 15) is 13.6 Å². The maximum atomic E-state index is 14.2. The van der Waals surface area contributed by atoms with Crippen molar-refractivity contribution in [1.29, 1.82) is 0 Å². The molecule has 8 nitrogen and oxygen atoms in total. The molecule has 2 N–H and O–H groups in total. The lowest BCUT2D eigenvalue weighted by Gasteiger charge is -2.25. The second-order valence-electron chi connectivity index (χ2n) is 6.59. The molecule has 29 heavy (non-hydrogen) atoms. The Morgan fingerprint density at radius 2 is 1.97 bits per heavy atom. The summed E-state index contributed by atoms with van der Waals surface area (Å²) in [5.41, 5.74) is 2.37. The highest BCUT2D eigenvalue weighted by Gasteiger charge is 2.26. The Morgan fingerprint density at radius 3 is 2.66 bits per heavy atom. The van der Waals surface area contributed by atoms with Gasteiger partial charge >= 0.3 is 0 Å². The predicted octanol–water partition coefficient (Wildman–Crippen LogP) is 2.74. The number of anilines is 1. The number of rotatable bonds is 8. The number of hydrogen-bond donors (Lipinski definition) is 2. The fourth-order valence-electron chi connectivity index (χ4n) is 2.66. The van der Waals surface area contributed by atoms with Crippen LogP contribution >= 0.6 is 0 Å². The minimum atomic E-state index is -0.900.